The topological polar surface area (TPSA) is 259 Å². The fourth-order valence-corrected chi connectivity index (χ4v) is 5.59. The van der Waals surface area contributed by atoms with E-state index in [1.54, 1.807) is 12.1 Å². The van der Waals surface area contributed by atoms with Crippen LogP contribution >= 0.6 is 0 Å². The summed E-state index contributed by atoms with van der Waals surface area (Å²) in [7, 11) is 0. The average Bonchev–Trinajstić information content (AvgIpc) is 3.35. The molecule has 0 radical (unpaired) electrons. The van der Waals surface area contributed by atoms with Crippen molar-refractivity contribution >= 4 is 41.4 Å². The highest BCUT2D eigenvalue weighted by atomic mass is 16.7. The molecule has 19 nitrogen and oxygen atoms in total. The maximum absolute atomic E-state index is 14.0. The highest BCUT2D eigenvalue weighted by molar-refractivity contribution is 6.01. The van der Waals surface area contributed by atoms with Crippen molar-refractivity contribution in [3.8, 4) is 5.75 Å². The Bertz CT molecular complexity index is 1930. The van der Waals surface area contributed by atoms with Crippen LogP contribution in [0.3, 0.4) is 0 Å². The second-order valence-corrected chi connectivity index (χ2v) is 10.7. The zero-order valence-electron chi connectivity index (χ0n) is 26.2. The normalized spacial score (nSPS) is 19.0. The summed E-state index contributed by atoms with van der Waals surface area (Å²) in [5.41, 5.74) is 17.4. The number of hydrogen-bond acceptors (Lipinski definition) is 14. The van der Waals surface area contributed by atoms with Gasteiger partial charge in [0.2, 0.25) is 13.6 Å². The lowest BCUT2D eigenvalue weighted by molar-refractivity contribution is -0.166. The molecule has 0 saturated heterocycles. The van der Waals surface area contributed by atoms with Crippen molar-refractivity contribution in [2.45, 2.75) is 25.6 Å². The minimum Gasteiger partial charge on any atom is -0.485 e. The van der Waals surface area contributed by atoms with Gasteiger partial charge in [-0.1, -0.05) is 34.5 Å². The van der Waals surface area contributed by atoms with Crippen molar-refractivity contribution in [1.82, 2.24) is 4.90 Å². The van der Waals surface area contributed by atoms with Crippen LogP contribution in [0.1, 0.15) is 45.7 Å². The lowest BCUT2D eigenvalue weighted by Gasteiger charge is -2.45. The second-order valence-electron chi connectivity index (χ2n) is 10.7. The zero-order valence-corrected chi connectivity index (χ0v) is 26.2. The number of benzene rings is 2. The monoisotopic (exact) mass is 687 g/mol. The third-order valence-electron chi connectivity index (χ3n) is 7.61. The molecule has 3 atom stereocenters. The fraction of sp³-hybridized carbons (Fsp3) is 0.290. The van der Waals surface area contributed by atoms with E-state index in [2.05, 4.69) is 29.5 Å². The first kappa shape index (κ1) is 34.5. The van der Waals surface area contributed by atoms with Gasteiger partial charge >= 0.3 is 29.8 Å². The van der Waals surface area contributed by atoms with Gasteiger partial charge < -0.3 is 33.3 Å². The second kappa shape index (κ2) is 14.5. The summed E-state index contributed by atoms with van der Waals surface area (Å²) in [6, 6.07) is 8.50. The van der Waals surface area contributed by atoms with Gasteiger partial charge in [0.25, 0.3) is 5.91 Å². The number of esters is 5. The Morgan fingerprint density at radius 2 is 1.54 bits per heavy atom. The maximum atomic E-state index is 14.0. The summed E-state index contributed by atoms with van der Waals surface area (Å²) in [5.74, 6) is -5.76. The third-order valence-corrected chi connectivity index (χ3v) is 7.61. The predicted octanol–water partition coefficient (Wildman–Crippen LogP) is 3.75. The van der Waals surface area contributed by atoms with Crippen LogP contribution in [0.15, 0.2) is 70.6 Å². The highest BCUT2D eigenvalue weighted by Gasteiger charge is 2.58. The highest BCUT2D eigenvalue weighted by Crippen LogP contribution is 2.56. The summed E-state index contributed by atoms with van der Waals surface area (Å²) < 4.78 is 31.2. The van der Waals surface area contributed by atoms with Crippen LogP contribution in [-0.4, -0.2) is 73.4 Å². The number of carbonyl (C=O) groups is 6. The molecule has 19 heteroatoms. The van der Waals surface area contributed by atoms with Gasteiger partial charge in [0, 0.05) is 51.7 Å². The zero-order chi connectivity index (χ0) is 36.0. The minimum absolute atomic E-state index is 0.0950. The van der Waals surface area contributed by atoms with E-state index in [4.69, 9.17) is 30.0 Å². The number of allylic oxidation sites excluding steroid dienone is 1. The SMILES string of the molecule is CC(=O)OCOC(=O)CN(CC(=O)OCOC(C)=O)C(=O)c1ccc2c(c1)[C@]1(OC2=O)c2ccc(N=[N+]=[N-])cc2O[C@@H]2C=C(N=[N+]=[N-])C=C[C@@H]21. The van der Waals surface area contributed by atoms with Crippen LogP contribution in [0.4, 0.5) is 5.69 Å². The number of fused-ring (bicyclic) bond motifs is 6. The Kier molecular flexibility index (Phi) is 10.0. The first-order valence-electron chi connectivity index (χ1n) is 14.5. The van der Waals surface area contributed by atoms with Gasteiger partial charge in [0.1, 0.15) is 24.9 Å². The number of rotatable bonds is 11. The van der Waals surface area contributed by atoms with E-state index in [9.17, 15) is 28.8 Å². The van der Waals surface area contributed by atoms with Gasteiger partial charge in [0.15, 0.2) is 5.60 Å². The Hall–Kier alpha value is -6.84. The van der Waals surface area contributed by atoms with E-state index in [1.165, 1.54) is 42.5 Å². The summed E-state index contributed by atoms with van der Waals surface area (Å²) in [6.07, 6.45) is 3.82. The van der Waals surface area contributed by atoms with E-state index in [0.29, 0.717) is 5.56 Å². The molecule has 2 heterocycles. The van der Waals surface area contributed by atoms with Crippen molar-refractivity contribution in [2.24, 2.45) is 16.1 Å². The van der Waals surface area contributed by atoms with Gasteiger partial charge in [-0.3, -0.25) is 24.0 Å². The molecule has 5 rings (SSSR count). The third kappa shape index (κ3) is 7.03. The van der Waals surface area contributed by atoms with Crippen molar-refractivity contribution < 1.29 is 57.2 Å². The first-order valence-corrected chi connectivity index (χ1v) is 14.5. The Balaban J connectivity index is 1.56. The summed E-state index contributed by atoms with van der Waals surface area (Å²) >= 11 is 0. The van der Waals surface area contributed by atoms with Gasteiger partial charge in [0.05, 0.1) is 11.5 Å². The molecular formula is C31H25N7O12. The quantitative estimate of drug-likeness (QED) is 0.0817. The minimum atomic E-state index is -1.62. The van der Waals surface area contributed by atoms with Crippen molar-refractivity contribution in [2.75, 3.05) is 26.7 Å². The first-order chi connectivity index (χ1) is 24.0. The van der Waals surface area contributed by atoms with E-state index >= 15 is 0 Å². The summed E-state index contributed by atoms with van der Waals surface area (Å²) in [5, 5.41) is 7.25. The van der Waals surface area contributed by atoms with E-state index in [1.807, 2.05) is 0 Å². The van der Waals surface area contributed by atoms with Crippen LogP contribution < -0.4 is 4.74 Å². The molecular weight excluding hydrogens is 662 g/mol. The molecule has 1 aliphatic carbocycles. The van der Waals surface area contributed by atoms with E-state index in [0.717, 1.165) is 18.7 Å². The number of amides is 1. The van der Waals surface area contributed by atoms with Crippen LogP contribution in [0.25, 0.3) is 20.9 Å². The van der Waals surface area contributed by atoms with Crippen LogP contribution in [0.2, 0.25) is 0 Å². The molecule has 0 fully saturated rings. The Labute approximate surface area is 281 Å². The van der Waals surface area contributed by atoms with Crippen LogP contribution in [0.5, 0.6) is 5.75 Å². The molecule has 0 saturated carbocycles. The average molecular weight is 688 g/mol. The molecule has 0 bridgehead atoms. The number of azide groups is 2. The van der Waals surface area contributed by atoms with Gasteiger partial charge in [-0.2, -0.15) is 0 Å². The molecule has 3 aliphatic rings. The molecule has 2 aliphatic heterocycles. The largest absolute Gasteiger partial charge is 0.485 e. The van der Waals surface area contributed by atoms with Crippen LogP contribution in [-0.2, 0) is 48.5 Å². The Morgan fingerprint density at radius 1 is 0.880 bits per heavy atom. The molecule has 1 spiro atoms. The number of hydrogen-bond donors (Lipinski definition) is 0. The lowest BCUT2D eigenvalue weighted by atomic mass is 9.69. The standard InChI is InChI=1S/C31H25N7O12/c1-16(39)45-14-47-27(41)12-38(13-28(42)48-15-46-17(2)40)29(43)18-3-6-21-24(9-18)31(50-30(21)44)22-7-4-19(34-36-32)10-25(22)49-26-11-20(35-37-33)5-8-23(26)31/h3-11,22,25H,12-15H2,1-2H3/t22-,25+,31+/m0/s1. The molecule has 0 unspecified atom stereocenters. The summed E-state index contributed by atoms with van der Waals surface area (Å²) in [6.45, 7) is -0.923. The van der Waals surface area contributed by atoms with Crippen molar-refractivity contribution in [3.05, 3.63) is 103 Å². The molecule has 0 N–H and O–H groups in total. The van der Waals surface area contributed by atoms with Crippen LogP contribution in [0, 0.1) is 5.92 Å². The summed E-state index contributed by atoms with van der Waals surface area (Å²) in [4.78, 5) is 81.1. The predicted molar refractivity (Wildman–Crippen MR) is 164 cm³/mol. The van der Waals surface area contributed by atoms with Crippen molar-refractivity contribution in [1.29, 1.82) is 0 Å². The number of carbonyl (C=O) groups excluding carboxylic acids is 6. The van der Waals surface area contributed by atoms with E-state index in [-0.39, 0.29) is 33.8 Å². The fourth-order valence-electron chi connectivity index (χ4n) is 5.59. The molecule has 0 aromatic heterocycles. The Morgan fingerprint density at radius 3 is 2.16 bits per heavy atom. The molecule has 2 aromatic rings. The smallest absolute Gasteiger partial charge is 0.339 e. The molecule has 2 aromatic carbocycles. The van der Waals surface area contributed by atoms with Gasteiger partial charge in [-0.15, -0.1) is 0 Å². The van der Waals surface area contributed by atoms with E-state index < -0.39 is 80.1 Å². The molecule has 1 amide bonds. The number of nitrogens with zero attached hydrogens (tertiary/aromatic N) is 7. The maximum Gasteiger partial charge on any atom is 0.339 e. The lowest BCUT2D eigenvalue weighted by Crippen LogP contribution is -2.48. The number of ether oxygens (including phenoxy) is 6. The molecule has 256 valence electrons. The van der Waals surface area contributed by atoms with Crippen molar-refractivity contribution in [3.63, 3.8) is 0 Å². The van der Waals surface area contributed by atoms with Gasteiger partial charge in [-0.25, -0.2) is 4.79 Å². The van der Waals surface area contributed by atoms with Gasteiger partial charge in [-0.05, 0) is 41.4 Å². The molecule has 50 heavy (non-hydrogen) atoms.